The summed E-state index contributed by atoms with van der Waals surface area (Å²) in [7, 11) is 0. The van der Waals surface area contributed by atoms with E-state index < -0.39 is 27.7 Å². The number of halogens is 3. The van der Waals surface area contributed by atoms with Gasteiger partial charge in [0.25, 0.3) is 11.4 Å². The first kappa shape index (κ1) is 49.5. The molecule has 0 radical (unpaired) electrons. The smallest absolute Gasteiger partial charge is 0.269 e. The van der Waals surface area contributed by atoms with Gasteiger partial charge < -0.3 is 52.7 Å². The van der Waals surface area contributed by atoms with Gasteiger partial charge in [-0.15, -0.1) is 24.8 Å². The fraction of sp³-hybridized carbons (Fsp3) is 0.400. The number of benzene rings is 3. The largest absolute Gasteiger partial charge is 0.399 e. The number of aliphatic hydroxyl groups excluding tert-OH is 6. The van der Waals surface area contributed by atoms with Crippen molar-refractivity contribution in [3.05, 3.63) is 97.3 Å². The van der Waals surface area contributed by atoms with Crippen LogP contribution in [0.3, 0.4) is 0 Å². The van der Waals surface area contributed by atoms with Crippen molar-refractivity contribution in [3.63, 3.8) is 0 Å². The first-order chi connectivity index (χ1) is 22.2. The normalized spacial score (nSPS) is 9.84. The predicted octanol–water partition coefficient (Wildman–Crippen LogP) is 2.19. The average molecular weight is 742 g/mol. The van der Waals surface area contributed by atoms with Gasteiger partial charge in [0.2, 0.25) is 0 Å². The van der Waals surface area contributed by atoms with Crippen LogP contribution in [0, 0.1) is 46.8 Å². The number of nitrogens with zero attached hydrogens (tertiary/aromatic N) is 2. The number of hydrogen-bond donors (Lipinski definition) is 10. The molecule has 0 saturated heterocycles. The third kappa shape index (κ3) is 19.6. The monoisotopic (exact) mass is 740 g/mol. The van der Waals surface area contributed by atoms with Crippen LogP contribution in [-0.2, 0) is 0 Å². The van der Waals surface area contributed by atoms with Gasteiger partial charge in [-0.1, -0.05) is 0 Å². The van der Waals surface area contributed by atoms with E-state index in [1.54, 1.807) is 19.1 Å². The highest BCUT2D eigenvalue weighted by Crippen LogP contribution is 2.22. The van der Waals surface area contributed by atoms with Gasteiger partial charge in [-0.25, -0.2) is 4.39 Å². The summed E-state index contributed by atoms with van der Waals surface area (Å²) in [6.45, 7) is 4.25. The van der Waals surface area contributed by atoms with Crippen molar-refractivity contribution in [2.45, 2.75) is 38.9 Å². The molecule has 0 aromatic heterocycles. The molecule has 0 fully saturated rings. The maximum absolute atomic E-state index is 12.5. The highest BCUT2D eigenvalue weighted by atomic mass is 35.5. The lowest BCUT2D eigenvalue weighted by atomic mass is 10.1. The number of aliphatic hydroxyl groups is 6. The van der Waals surface area contributed by atoms with Gasteiger partial charge in [-0.2, -0.15) is 0 Å². The number of nitro groups is 2. The van der Waals surface area contributed by atoms with Gasteiger partial charge in [0.05, 0.1) is 67.6 Å². The molecule has 3 rings (SSSR count). The number of rotatable bonds is 12. The van der Waals surface area contributed by atoms with Crippen molar-refractivity contribution >= 4 is 53.3 Å². The van der Waals surface area contributed by atoms with E-state index in [1.807, 2.05) is 19.1 Å². The molecule has 16 nitrogen and oxygen atoms in total. The average Bonchev–Trinajstić information content (AvgIpc) is 3.05. The molecule has 3 aromatic carbocycles. The van der Waals surface area contributed by atoms with Crippen LogP contribution >= 0.6 is 24.8 Å². The second kappa shape index (κ2) is 27.0. The van der Waals surface area contributed by atoms with Crippen LogP contribution in [0.15, 0.2) is 54.6 Å². The van der Waals surface area contributed by atoms with Crippen LogP contribution in [-0.4, -0.2) is 98.3 Å². The first-order valence-electron chi connectivity index (χ1n) is 14.1. The summed E-state index contributed by atoms with van der Waals surface area (Å²) in [6.07, 6.45) is 0. The Bertz CT molecular complexity index is 1390. The molecule has 0 amide bonds. The number of nitrogens with two attached hydrogens (primary N) is 2. The Kier molecular flexibility index (Phi) is 27.2. The minimum atomic E-state index is -0.549. The highest BCUT2D eigenvalue weighted by molar-refractivity contribution is 5.85. The van der Waals surface area contributed by atoms with Crippen molar-refractivity contribution in [2.24, 2.45) is 5.73 Å². The predicted molar refractivity (Wildman–Crippen MR) is 191 cm³/mol. The zero-order chi connectivity index (χ0) is 36.1. The maximum atomic E-state index is 12.5. The van der Waals surface area contributed by atoms with Crippen LogP contribution in [0.1, 0.15) is 16.7 Å². The molecular weight excluding hydrogens is 694 g/mol. The van der Waals surface area contributed by atoms with E-state index in [0.717, 1.165) is 23.4 Å². The van der Waals surface area contributed by atoms with Crippen molar-refractivity contribution in [3.8, 4) is 0 Å². The van der Waals surface area contributed by atoms with Crippen LogP contribution in [0.4, 0.5) is 32.8 Å². The number of aryl methyl sites for hydroxylation is 3. The van der Waals surface area contributed by atoms with Crippen molar-refractivity contribution < 1.29 is 44.9 Å². The van der Waals surface area contributed by atoms with Crippen molar-refractivity contribution in [1.29, 1.82) is 0 Å². The summed E-state index contributed by atoms with van der Waals surface area (Å²) in [5.41, 5.74) is 14.7. The van der Waals surface area contributed by atoms with Crippen LogP contribution < -0.4 is 22.1 Å². The molecule has 0 heterocycles. The van der Waals surface area contributed by atoms with Gasteiger partial charge in [0.15, 0.2) is 0 Å². The summed E-state index contributed by atoms with van der Waals surface area (Å²) in [5.74, 6) is -0.421. The Labute approximate surface area is 295 Å². The zero-order valence-corrected chi connectivity index (χ0v) is 28.9. The number of anilines is 3. The Morgan fingerprint density at radius 1 is 0.653 bits per heavy atom. The van der Waals surface area contributed by atoms with Gasteiger partial charge in [-0.05, 0) is 67.8 Å². The number of hydrogen-bond acceptors (Lipinski definition) is 14. The van der Waals surface area contributed by atoms with E-state index in [4.69, 9.17) is 42.1 Å². The van der Waals surface area contributed by atoms with Crippen LogP contribution in [0.25, 0.3) is 0 Å². The molecule has 19 heteroatoms. The van der Waals surface area contributed by atoms with Crippen molar-refractivity contribution in [1.82, 2.24) is 0 Å². The number of nitrogens with one attached hydrogen (secondary N) is 2. The van der Waals surface area contributed by atoms with Gasteiger partial charge in [-0.3, -0.25) is 20.2 Å². The Morgan fingerprint density at radius 2 is 1.02 bits per heavy atom. The molecule has 12 N–H and O–H groups in total. The molecule has 0 saturated carbocycles. The lowest BCUT2D eigenvalue weighted by molar-refractivity contribution is -0.385. The molecule has 0 spiro atoms. The molecule has 0 unspecified atom stereocenters. The molecule has 278 valence electrons. The molecule has 49 heavy (non-hydrogen) atoms. The van der Waals surface area contributed by atoms with E-state index in [0.29, 0.717) is 22.5 Å². The summed E-state index contributed by atoms with van der Waals surface area (Å²) >= 11 is 0. The quantitative estimate of drug-likeness (QED) is 0.0724. The van der Waals surface area contributed by atoms with Crippen LogP contribution in [0.2, 0.25) is 0 Å². The molecule has 0 aliphatic rings. The summed E-state index contributed by atoms with van der Waals surface area (Å²) < 4.78 is 12.5. The SMILES string of the molecule is Cc1cc(N)ccc1NC(CO)CO.Cc1cc([N+](=O)[O-])ccc1F.Cc1cc([N+](=O)[O-])ccc1NC(CO)CO.Cl.Cl.NC(CO)CO. The summed E-state index contributed by atoms with van der Waals surface area (Å²) in [5, 5.41) is 78.2. The highest BCUT2D eigenvalue weighted by Gasteiger charge is 2.11. The Hall–Kier alpha value is -3.91. The van der Waals surface area contributed by atoms with Crippen LogP contribution in [0.5, 0.6) is 0 Å². The third-order valence-electron chi connectivity index (χ3n) is 6.09. The molecular formula is C30H47Cl2FN6O10. The molecule has 3 aromatic rings. The Balaban J connectivity index is -0.000000594. The van der Waals surface area contributed by atoms with E-state index in [-0.39, 0.29) is 81.9 Å². The van der Waals surface area contributed by atoms with Gasteiger partial charge in [0, 0.05) is 41.3 Å². The van der Waals surface area contributed by atoms with E-state index >= 15 is 0 Å². The minimum Gasteiger partial charge on any atom is -0.399 e. The fourth-order valence-electron chi connectivity index (χ4n) is 3.31. The summed E-state index contributed by atoms with van der Waals surface area (Å²) in [4.78, 5) is 19.6. The molecule has 0 aliphatic carbocycles. The topological polar surface area (TPSA) is 284 Å². The molecule has 0 atom stereocenters. The first-order valence-corrected chi connectivity index (χ1v) is 14.1. The number of non-ortho nitro benzene ring substituents is 2. The van der Waals surface area contributed by atoms with Gasteiger partial charge in [0.1, 0.15) is 5.82 Å². The van der Waals surface area contributed by atoms with E-state index in [1.165, 1.54) is 25.1 Å². The molecule has 0 bridgehead atoms. The number of nitro benzene ring substituents is 2. The van der Waals surface area contributed by atoms with E-state index in [2.05, 4.69) is 10.6 Å². The molecule has 0 aliphatic heterocycles. The standard InChI is InChI=1S/C10H14N2O4.C10H16N2O2.C7H6FNO2.C3H9NO2.2ClH/c1-7-4-9(12(15)16)2-3-10(7)11-8(5-13)6-14;1-7-4-8(11)2-3-10(7)12-9(5-13)6-14;1-5-4-6(9(10)11)2-3-7(5)8;4-3(1-5)2-6;;/h2-4,8,11,13-14H,5-6H2,1H3;2-4,9,12-14H,5-6,11H2,1H3;2-4H,1H3;3,5-6H,1-2,4H2;2*1H. The second-order valence-electron chi connectivity index (χ2n) is 10.1. The number of nitrogen functional groups attached to an aromatic ring is 1. The lowest BCUT2D eigenvalue weighted by Gasteiger charge is -2.16. The fourth-order valence-corrected chi connectivity index (χ4v) is 3.31. The maximum Gasteiger partial charge on any atom is 0.269 e. The minimum absolute atomic E-state index is 0. The summed E-state index contributed by atoms with van der Waals surface area (Å²) in [6, 6.07) is 12.0. The third-order valence-corrected chi connectivity index (χ3v) is 6.09. The zero-order valence-electron chi connectivity index (χ0n) is 27.2. The second-order valence-corrected chi connectivity index (χ2v) is 10.1. The lowest BCUT2D eigenvalue weighted by Crippen LogP contribution is -2.27. The van der Waals surface area contributed by atoms with Crippen molar-refractivity contribution in [2.75, 3.05) is 56.0 Å². The van der Waals surface area contributed by atoms with E-state index in [9.17, 15) is 24.6 Å². The van der Waals surface area contributed by atoms with Gasteiger partial charge >= 0.3 is 0 Å². The Morgan fingerprint density at radius 3 is 1.33 bits per heavy atom.